The second-order valence-electron chi connectivity index (χ2n) is 6.29. The fourth-order valence-electron chi connectivity index (χ4n) is 3.74. The van der Waals surface area contributed by atoms with Crippen molar-refractivity contribution in [3.8, 4) is 0 Å². The van der Waals surface area contributed by atoms with Gasteiger partial charge in [-0.3, -0.25) is 4.79 Å². The van der Waals surface area contributed by atoms with E-state index in [0.717, 1.165) is 25.9 Å². The van der Waals surface area contributed by atoms with Gasteiger partial charge in [0.1, 0.15) is 0 Å². The molecule has 1 N–H and O–H groups in total. The summed E-state index contributed by atoms with van der Waals surface area (Å²) >= 11 is 0. The molecule has 0 amide bonds. The maximum absolute atomic E-state index is 12.1. The molecule has 0 aliphatic heterocycles. The van der Waals surface area contributed by atoms with E-state index in [9.17, 15) is 4.79 Å². The van der Waals surface area contributed by atoms with Gasteiger partial charge < -0.3 is 9.88 Å². The van der Waals surface area contributed by atoms with Crippen LogP contribution in [0.4, 0.5) is 0 Å². The van der Waals surface area contributed by atoms with Gasteiger partial charge in [0.2, 0.25) is 0 Å². The van der Waals surface area contributed by atoms with E-state index in [2.05, 4.69) is 5.32 Å². The summed E-state index contributed by atoms with van der Waals surface area (Å²) in [4.78, 5) is 12.1. The highest BCUT2D eigenvalue weighted by molar-refractivity contribution is 5.25. The van der Waals surface area contributed by atoms with Gasteiger partial charge in [-0.1, -0.05) is 31.7 Å². The highest BCUT2D eigenvalue weighted by atomic mass is 16.1. The zero-order valence-corrected chi connectivity index (χ0v) is 12.4. The van der Waals surface area contributed by atoms with Crippen molar-refractivity contribution >= 4 is 0 Å². The van der Waals surface area contributed by atoms with Gasteiger partial charge in [0, 0.05) is 30.9 Å². The molecule has 3 rings (SSSR count). The first-order valence-corrected chi connectivity index (χ1v) is 8.29. The molecule has 110 valence electrons. The number of nitrogens with one attached hydrogen (secondary N) is 1. The molecule has 1 saturated carbocycles. The summed E-state index contributed by atoms with van der Waals surface area (Å²) in [5.41, 5.74) is 2.85. The minimum atomic E-state index is 0.174. The Morgan fingerprint density at radius 3 is 2.65 bits per heavy atom. The molecule has 20 heavy (non-hydrogen) atoms. The summed E-state index contributed by atoms with van der Waals surface area (Å²) < 4.78 is 2.01. The summed E-state index contributed by atoms with van der Waals surface area (Å²) in [5.74, 6) is 0. The summed E-state index contributed by atoms with van der Waals surface area (Å²) in [6, 6.07) is 4.44. The third kappa shape index (κ3) is 3.14. The van der Waals surface area contributed by atoms with E-state index in [1.807, 2.05) is 10.6 Å². The normalized spacial score (nSPS) is 19.8. The maximum atomic E-state index is 12.1. The first-order valence-electron chi connectivity index (χ1n) is 8.29. The second kappa shape index (κ2) is 6.57. The summed E-state index contributed by atoms with van der Waals surface area (Å²) in [7, 11) is 0. The number of fused-ring (bicyclic) bond motifs is 1. The van der Waals surface area contributed by atoms with E-state index in [1.165, 1.54) is 56.2 Å². The van der Waals surface area contributed by atoms with Crippen molar-refractivity contribution in [2.75, 3.05) is 6.54 Å². The number of nitrogens with zero attached hydrogens (tertiary/aromatic N) is 1. The van der Waals surface area contributed by atoms with E-state index < -0.39 is 0 Å². The number of hydrogen-bond acceptors (Lipinski definition) is 2. The van der Waals surface area contributed by atoms with Crippen molar-refractivity contribution < 1.29 is 0 Å². The third-order valence-electron chi connectivity index (χ3n) is 4.87. The predicted octanol–water partition coefficient (Wildman–Crippen LogP) is 2.65. The summed E-state index contributed by atoms with van der Waals surface area (Å²) in [5, 5.41) is 3.67. The van der Waals surface area contributed by atoms with E-state index in [4.69, 9.17) is 0 Å². The number of hydrogen-bond donors (Lipinski definition) is 1. The van der Waals surface area contributed by atoms with Gasteiger partial charge in [-0.2, -0.15) is 0 Å². The van der Waals surface area contributed by atoms with Gasteiger partial charge in [0.05, 0.1) is 0 Å². The van der Waals surface area contributed by atoms with Crippen LogP contribution in [-0.4, -0.2) is 17.2 Å². The molecule has 3 heteroatoms. The smallest absolute Gasteiger partial charge is 0.250 e. The minimum absolute atomic E-state index is 0.174. The zero-order valence-electron chi connectivity index (χ0n) is 12.4. The Bertz CT molecular complexity index is 498. The molecule has 0 bridgehead atoms. The van der Waals surface area contributed by atoms with Crippen molar-refractivity contribution in [2.45, 2.75) is 70.4 Å². The van der Waals surface area contributed by atoms with Gasteiger partial charge in [-0.15, -0.1) is 0 Å². The predicted molar refractivity (Wildman–Crippen MR) is 82.2 cm³/mol. The molecule has 2 aliphatic rings. The standard InChI is InChI=1S/C17H26N2O/c20-17-11-10-14-6-5-9-16(14)19(17)13-12-18-15-7-3-1-2-4-8-15/h10-11,15,18H,1-9,12-13H2. The molecule has 0 radical (unpaired) electrons. The largest absolute Gasteiger partial charge is 0.312 e. The Labute approximate surface area is 121 Å². The van der Waals surface area contributed by atoms with Crippen LogP contribution in [0.5, 0.6) is 0 Å². The first-order chi connectivity index (χ1) is 9.84. The van der Waals surface area contributed by atoms with Crippen LogP contribution in [0, 0.1) is 0 Å². The molecule has 1 aromatic rings. The molecule has 0 atom stereocenters. The highest BCUT2D eigenvalue weighted by Crippen LogP contribution is 2.20. The van der Waals surface area contributed by atoms with Crippen molar-refractivity contribution in [1.29, 1.82) is 0 Å². The van der Waals surface area contributed by atoms with Crippen LogP contribution in [0.15, 0.2) is 16.9 Å². The van der Waals surface area contributed by atoms with Gasteiger partial charge in [0.25, 0.3) is 5.56 Å². The average molecular weight is 274 g/mol. The quantitative estimate of drug-likeness (QED) is 0.857. The highest BCUT2D eigenvalue weighted by Gasteiger charge is 2.16. The number of rotatable bonds is 4. The van der Waals surface area contributed by atoms with Crippen LogP contribution < -0.4 is 10.9 Å². The van der Waals surface area contributed by atoms with Crippen LogP contribution >= 0.6 is 0 Å². The molecule has 0 aromatic carbocycles. The van der Waals surface area contributed by atoms with E-state index >= 15 is 0 Å². The second-order valence-corrected chi connectivity index (χ2v) is 6.29. The van der Waals surface area contributed by atoms with Gasteiger partial charge in [-0.05, 0) is 37.7 Å². The van der Waals surface area contributed by atoms with Crippen LogP contribution in [0.3, 0.4) is 0 Å². The fourth-order valence-corrected chi connectivity index (χ4v) is 3.74. The van der Waals surface area contributed by atoms with Crippen LogP contribution in [0.25, 0.3) is 0 Å². The molecule has 0 saturated heterocycles. The molecule has 1 aromatic heterocycles. The monoisotopic (exact) mass is 274 g/mol. The summed E-state index contributed by atoms with van der Waals surface area (Å²) in [6.07, 6.45) is 11.5. The SMILES string of the molecule is O=c1ccc2c(n1CCNC1CCCCCC1)CCC2. The Hall–Kier alpha value is -1.09. The number of pyridine rings is 1. The molecular formula is C17H26N2O. The fraction of sp³-hybridized carbons (Fsp3) is 0.706. The number of aryl methyl sites for hydroxylation is 1. The molecule has 1 heterocycles. The van der Waals surface area contributed by atoms with Crippen LogP contribution in [0.2, 0.25) is 0 Å². The van der Waals surface area contributed by atoms with E-state index in [-0.39, 0.29) is 5.56 Å². The molecule has 1 fully saturated rings. The molecule has 0 spiro atoms. The van der Waals surface area contributed by atoms with Crippen molar-refractivity contribution in [2.24, 2.45) is 0 Å². The number of aromatic nitrogens is 1. The minimum Gasteiger partial charge on any atom is -0.312 e. The first kappa shape index (κ1) is 13.9. The molecule has 0 unspecified atom stereocenters. The third-order valence-corrected chi connectivity index (χ3v) is 4.87. The van der Waals surface area contributed by atoms with Crippen molar-refractivity contribution in [3.05, 3.63) is 33.7 Å². The van der Waals surface area contributed by atoms with Crippen LogP contribution in [0.1, 0.15) is 56.2 Å². The Kier molecular flexibility index (Phi) is 4.56. The van der Waals surface area contributed by atoms with Crippen molar-refractivity contribution in [1.82, 2.24) is 9.88 Å². The van der Waals surface area contributed by atoms with Crippen LogP contribution in [-0.2, 0) is 19.4 Å². The maximum Gasteiger partial charge on any atom is 0.250 e. The molecular weight excluding hydrogens is 248 g/mol. The Morgan fingerprint density at radius 2 is 1.85 bits per heavy atom. The molecule has 3 nitrogen and oxygen atoms in total. The average Bonchev–Trinajstić information content (AvgIpc) is 2.78. The Balaban J connectivity index is 1.58. The lowest BCUT2D eigenvalue weighted by molar-refractivity contribution is 0.440. The van der Waals surface area contributed by atoms with Gasteiger partial charge in [-0.25, -0.2) is 0 Å². The van der Waals surface area contributed by atoms with Crippen molar-refractivity contribution in [3.63, 3.8) is 0 Å². The molecule has 2 aliphatic carbocycles. The van der Waals surface area contributed by atoms with Gasteiger partial charge >= 0.3 is 0 Å². The van der Waals surface area contributed by atoms with Gasteiger partial charge in [0.15, 0.2) is 0 Å². The lowest BCUT2D eigenvalue weighted by atomic mass is 10.1. The lowest BCUT2D eigenvalue weighted by Crippen LogP contribution is -2.34. The lowest BCUT2D eigenvalue weighted by Gasteiger charge is -2.18. The topological polar surface area (TPSA) is 34.0 Å². The Morgan fingerprint density at radius 1 is 1.05 bits per heavy atom. The van der Waals surface area contributed by atoms with E-state index in [1.54, 1.807) is 6.07 Å². The van der Waals surface area contributed by atoms with E-state index in [0.29, 0.717) is 6.04 Å². The summed E-state index contributed by atoms with van der Waals surface area (Å²) in [6.45, 7) is 1.76. The zero-order chi connectivity index (χ0) is 13.8.